The molecule has 2 aliphatic rings. The van der Waals surface area contributed by atoms with Crippen LogP contribution < -0.4 is 15.4 Å². The molecule has 2 aromatic rings. The highest BCUT2D eigenvalue weighted by Crippen LogP contribution is 2.28. The standard InChI is InChI=1S/C16H16ClN3O3/c17-14-8-18-16(23-14)22-11-4-1-9(2-5-11)15(21)20-13-7-10-3-6-12(13)19-10/h1-2,4-5,8,10,12-13,19H,3,6-7H2,(H,20,21). The lowest BCUT2D eigenvalue weighted by atomic mass is 9.95. The fourth-order valence-corrected chi connectivity index (χ4v) is 3.41. The number of hydrogen-bond acceptors (Lipinski definition) is 5. The van der Waals surface area contributed by atoms with Crippen LogP contribution in [0.5, 0.6) is 11.8 Å². The first-order chi connectivity index (χ1) is 11.2. The van der Waals surface area contributed by atoms with Gasteiger partial charge in [0.15, 0.2) is 0 Å². The van der Waals surface area contributed by atoms with Crippen molar-refractivity contribution in [1.82, 2.24) is 15.6 Å². The lowest BCUT2D eigenvalue weighted by molar-refractivity contribution is 0.0931. The van der Waals surface area contributed by atoms with E-state index < -0.39 is 0 Å². The number of benzene rings is 1. The fourth-order valence-electron chi connectivity index (χ4n) is 3.30. The average Bonchev–Trinajstić information content (AvgIpc) is 3.25. The van der Waals surface area contributed by atoms with Crippen molar-refractivity contribution in [1.29, 1.82) is 0 Å². The van der Waals surface area contributed by atoms with Crippen LogP contribution in [0.2, 0.25) is 5.22 Å². The molecular weight excluding hydrogens is 318 g/mol. The molecule has 23 heavy (non-hydrogen) atoms. The largest absolute Gasteiger partial charge is 0.411 e. The summed E-state index contributed by atoms with van der Waals surface area (Å²) in [5, 5.41) is 6.78. The molecule has 2 saturated heterocycles. The van der Waals surface area contributed by atoms with Crippen molar-refractivity contribution >= 4 is 17.5 Å². The SMILES string of the molecule is O=C(NC1CC2CCC1N2)c1ccc(Oc2ncc(Cl)o2)cc1. The summed E-state index contributed by atoms with van der Waals surface area (Å²) in [5.74, 6) is 0.469. The Morgan fingerprint density at radius 3 is 2.78 bits per heavy atom. The number of nitrogens with one attached hydrogen (secondary N) is 2. The number of amides is 1. The van der Waals surface area contributed by atoms with Crippen LogP contribution in [-0.2, 0) is 0 Å². The number of rotatable bonds is 4. The zero-order valence-electron chi connectivity index (χ0n) is 12.3. The second kappa shape index (κ2) is 5.86. The van der Waals surface area contributed by atoms with E-state index in [-0.39, 0.29) is 23.2 Å². The summed E-state index contributed by atoms with van der Waals surface area (Å²) < 4.78 is 10.4. The molecule has 1 amide bonds. The maximum Gasteiger partial charge on any atom is 0.400 e. The molecule has 2 fully saturated rings. The molecule has 0 aliphatic carbocycles. The third kappa shape index (κ3) is 3.04. The number of carbonyl (C=O) groups is 1. The molecule has 3 atom stereocenters. The maximum atomic E-state index is 12.3. The number of aromatic nitrogens is 1. The van der Waals surface area contributed by atoms with Crippen LogP contribution in [0.4, 0.5) is 0 Å². The van der Waals surface area contributed by atoms with Crippen molar-refractivity contribution in [2.75, 3.05) is 0 Å². The molecule has 2 N–H and O–H groups in total. The van der Waals surface area contributed by atoms with E-state index in [1.807, 2.05) is 0 Å². The third-order valence-electron chi connectivity index (χ3n) is 4.39. The summed E-state index contributed by atoms with van der Waals surface area (Å²) in [4.78, 5) is 16.2. The van der Waals surface area contributed by atoms with Gasteiger partial charge in [0, 0.05) is 23.7 Å². The summed E-state index contributed by atoms with van der Waals surface area (Å²) in [7, 11) is 0. The van der Waals surface area contributed by atoms with Gasteiger partial charge in [-0.15, -0.1) is 0 Å². The molecule has 7 heteroatoms. The van der Waals surface area contributed by atoms with Crippen LogP contribution in [0.15, 0.2) is 34.9 Å². The first-order valence-electron chi connectivity index (χ1n) is 7.63. The van der Waals surface area contributed by atoms with Crippen molar-refractivity contribution < 1.29 is 13.9 Å². The molecule has 2 aliphatic heterocycles. The van der Waals surface area contributed by atoms with Crippen molar-refractivity contribution in [3.05, 3.63) is 41.2 Å². The molecule has 2 bridgehead atoms. The number of carbonyl (C=O) groups excluding carboxylic acids is 1. The lowest BCUT2D eigenvalue weighted by Crippen LogP contribution is -2.42. The van der Waals surface area contributed by atoms with Gasteiger partial charge in [-0.3, -0.25) is 4.79 Å². The first kappa shape index (κ1) is 14.5. The molecule has 0 saturated carbocycles. The minimum absolute atomic E-state index is 0.0601. The monoisotopic (exact) mass is 333 g/mol. The van der Waals surface area contributed by atoms with E-state index in [2.05, 4.69) is 15.6 Å². The van der Waals surface area contributed by atoms with Gasteiger partial charge >= 0.3 is 6.08 Å². The van der Waals surface area contributed by atoms with E-state index in [1.165, 1.54) is 12.6 Å². The van der Waals surface area contributed by atoms with Crippen LogP contribution in [0.1, 0.15) is 29.6 Å². The van der Waals surface area contributed by atoms with Gasteiger partial charge in [0.25, 0.3) is 5.91 Å². The minimum atomic E-state index is -0.0601. The van der Waals surface area contributed by atoms with Gasteiger partial charge in [-0.1, -0.05) is 0 Å². The van der Waals surface area contributed by atoms with Gasteiger partial charge in [0.2, 0.25) is 5.22 Å². The van der Waals surface area contributed by atoms with Gasteiger partial charge in [-0.2, -0.15) is 4.98 Å². The number of fused-ring (bicyclic) bond motifs is 2. The van der Waals surface area contributed by atoms with E-state index in [0.717, 1.165) is 12.8 Å². The highest BCUT2D eigenvalue weighted by molar-refractivity contribution is 6.28. The second-order valence-electron chi connectivity index (χ2n) is 5.92. The molecule has 0 spiro atoms. The molecule has 6 nitrogen and oxygen atoms in total. The Morgan fingerprint density at radius 2 is 2.17 bits per heavy atom. The Bertz CT molecular complexity index is 716. The van der Waals surface area contributed by atoms with E-state index in [9.17, 15) is 4.79 Å². The Labute approximate surface area is 138 Å². The zero-order valence-corrected chi connectivity index (χ0v) is 13.0. The summed E-state index contributed by atoms with van der Waals surface area (Å²) in [6, 6.07) is 8.05. The molecule has 120 valence electrons. The number of nitrogens with zero attached hydrogens (tertiary/aromatic N) is 1. The average molecular weight is 334 g/mol. The molecule has 0 radical (unpaired) electrons. The molecule has 4 rings (SSSR count). The van der Waals surface area contributed by atoms with Crippen LogP contribution in [-0.4, -0.2) is 29.0 Å². The van der Waals surface area contributed by atoms with Crippen LogP contribution in [0.3, 0.4) is 0 Å². The predicted molar refractivity (Wildman–Crippen MR) is 83.8 cm³/mol. The number of halogens is 1. The van der Waals surface area contributed by atoms with Gasteiger partial charge in [-0.05, 0) is 55.1 Å². The fraction of sp³-hybridized carbons (Fsp3) is 0.375. The van der Waals surface area contributed by atoms with Crippen molar-refractivity contribution in [2.24, 2.45) is 0 Å². The zero-order chi connectivity index (χ0) is 15.8. The quantitative estimate of drug-likeness (QED) is 0.899. The Kier molecular flexibility index (Phi) is 3.71. The summed E-state index contributed by atoms with van der Waals surface area (Å²) in [5.41, 5.74) is 0.602. The minimum Gasteiger partial charge on any atom is -0.411 e. The molecule has 1 aromatic carbocycles. The van der Waals surface area contributed by atoms with E-state index in [0.29, 0.717) is 23.4 Å². The van der Waals surface area contributed by atoms with Crippen LogP contribution >= 0.6 is 11.6 Å². The van der Waals surface area contributed by atoms with Crippen LogP contribution in [0, 0.1) is 0 Å². The Morgan fingerprint density at radius 1 is 1.35 bits per heavy atom. The van der Waals surface area contributed by atoms with Gasteiger partial charge in [-0.25, -0.2) is 0 Å². The normalized spacial score (nSPS) is 25.5. The van der Waals surface area contributed by atoms with Gasteiger partial charge < -0.3 is 19.8 Å². The van der Waals surface area contributed by atoms with Gasteiger partial charge in [0.1, 0.15) is 5.75 Å². The highest BCUT2D eigenvalue weighted by atomic mass is 35.5. The lowest BCUT2D eigenvalue weighted by Gasteiger charge is -2.21. The van der Waals surface area contributed by atoms with Crippen molar-refractivity contribution in [3.8, 4) is 11.8 Å². The topological polar surface area (TPSA) is 76.4 Å². The Hall–Kier alpha value is -2.05. The molecule has 3 unspecified atom stereocenters. The predicted octanol–water partition coefficient (Wildman–Crippen LogP) is 2.74. The molecule has 1 aromatic heterocycles. The number of oxazole rings is 1. The van der Waals surface area contributed by atoms with E-state index in [4.69, 9.17) is 20.8 Å². The van der Waals surface area contributed by atoms with Crippen molar-refractivity contribution in [3.63, 3.8) is 0 Å². The van der Waals surface area contributed by atoms with Crippen LogP contribution in [0.25, 0.3) is 0 Å². The highest BCUT2D eigenvalue weighted by Gasteiger charge is 2.39. The second-order valence-corrected chi connectivity index (χ2v) is 6.29. The third-order valence-corrected chi connectivity index (χ3v) is 4.57. The summed E-state index contributed by atoms with van der Waals surface area (Å²) >= 11 is 5.63. The first-order valence-corrected chi connectivity index (χ1v) is 8.01. The molecule has 3 heterocycles. The maximum absolute atomic E-state index is 12.3. The van der Waals surface area contributed by atoms with E-state index >= 15 is 0 Å². The molecular formula is C16H16ClN3O3. The van der Waals surface area contributed by atoms with Gasteiger partial charge in [0.05, 0.1) is 6.20 Å². The smallest absolute Gasteiger partial charge is 0.400 e. The number of hydrogen-bond donors (Lipinski definition) is 2. The van der Waals surface area contributed by atoms with Crippen molar-refractivity contribution in [2.45, 2.75) is 37.4 Å². The summed E-state index contributed by atoms with van der Waals surface area (Å²) in [6.07, 6.45) is 4.81. The van der Waals surface area contributed by atoms with E-state index in [1.54, 1.807) is 24.3 Å². The Balaban J connectivity index is 1.38. The number of ether oxygens (including phenoxy) is 1. The summed E-state index contributed by atoms with van der Waals surface area (Å²) in [6.45, 7) is 0.